The van der Waals surface area contributed by atoms with Crippen molar-refractivity contribution < 1.29 is 27.6 Å². The van der Waals surface area contributed by atoms with Crippen molar-refractivity contribution in [2.24, 2.45) is 0 Å². The fourth-order valence-corrected chi connectivity index (χ4v) is 2.67. The molecule has 0 unspecified atom stereocenters. The second-order valence-corrected chi connectivity index (χ2v) is 8.32. The Balaban J connectivity index is 0.000000410. The molecular formula is C30H38CrO2. The van der Waals surface area contributed by atoms with Crippen LogP contribution in [0.4, 0.5) is 0 Å². The van der Waals surface area contributed by atoms with Crippen LogP contribution in [0.25, 0.3) is 0 Å². The van der Waals surface area contributed by atoms with Gasteiger partial charge in [0.2, 0.25) is 0 Å². The molecule has 0 heterocycles. The van der Waals surface area contributed by atoms with Gasteiger partial charge in [0.05, 0.1) is 0 Å². The number of aromatic hydroxyl groups is 2. The van der Waals surface area contributed by atoms with E-state index in [4.69, 9.17) is 10.2 Å². The predicted octanol–water partition coefficient (Wildman–Crippen LogP) is 8.46. The largest absolute Gasteiger partial charge is 2.00 e. The third-order valence-corrected chi connectivity index (χ3v) is 4.94. The van der Waals surface area contributed by atoms with Gasteiger partial charge in [-0.1, -0.05) is 75.9 Å². The second kappa shape index (κ2) is 16.8. The summed E-state index contributed by atoms with van der Waals surface area (Å²) in [6, 6.07) is 31.4. The summed E-state index contributed by atoms with van der Waals surface area (Å²) >= 11 is 0. The molecule has 4 rings (SSSR count). The Morgan fingerprint density at radius 2 is 0.788 bits per heavy atom. The number of hydrogen-bond acceptors (Lipinski definition) is 2. The Hall–Kier alpha value is -2.73. The average molecular weight is 483 g/mol. The average Bonchev–Trinajstić information content (AvgIpc) is 3.48. The van der Waals surface area contributed by atoms with Crippen LogP contribution in [0.1, 0.15) is 61.8 Å². The summed E-state index contributed by atoms with van der Waals surface area (Å²) in [6.07, 6.45) is 0. The van der Waals surface area contributed by atoms with Crippen LogP contribution in [0, 0.1) is 13.8 Å². The maximum absolute atomic E-state index is 8.92. The second-order valence-electron chi connectivity index (χ2n) is 8.32. The number of hydrogen-bond donors (Lipinski definition) is 2. The SMILES string of the molecule is CC(C)[c-]1cccc1.CC(C)[c-]1cccc1.Cc1ccccc1O.Cc1ccccc1O.[Cr+2]. The van der Waals surface area contributed by atoms with E-state index in [1.165, 1.54) is 11.1 Å². The third kappa shape index (κ3) is 12.8. The predicted molar refractivity (Wildman–Crippen MR) is 138 cm³/mol. The molecule has 0 aromatic heterocycles. The van der Waals surface area contributed by atoms with E-state index in [-0.39, 0.29) is 17.4 Å². The normalized spacial score (nSPS) is 9.45. The summed E-state index contributed by atoms with van der Waals surface area (Å²) in [5, 5.41) is 17.8. The van der Waals surface area contributed by atoms with Crippen LogP contribution in [-0.4, -0.2) is 10.2 Å². The summed E-state index contributed by atoms with van der Waals surface area (Å²) < 4.78 is 0. The van der Waals surface area contributed by atoms with Crippen LogP contribution in [0.5, 0.6) is 11.5 Å². The summed E-state index contributed by atoms with van der Waals surface area (Å²) in [5.41, 5.74) is 4.72. The van der Waals surface area contributed by atoms with Gasteiger partial charge in [-0.25, -0.2) is 24.3 Å². The van der Waals surface area contributed by atoms with Crippen molar-refractivity contribution >= 4 is 0 Å². The van der Waals surface area contributed by atoms with Gasteiger partial charge in [0.1, 0.15) is 11.5 Å². The van der Waals surface area contributed by atoms with Crippen molar-refractivity contribution in [2.75, 3.05) is 0 Å². The molecule has 0 saturated heterocycles. The van der Waals surface area contributed by atoms with E-state index in [1.54, 1.807) is 12.1 Å². The first kappa shape index (κ1) is 30.3. The van der Waals surface area contributed by atoms with Gasteiger partial charge < -0.3 is 10.2 Å². The maximum Gasteiger partial charge on any atom is 2.00 e. The van der Waals surface area contributed by atoms with Crippen LogP contribution < -0.4 is 0 Å². The molecule has 0 atom stereocenters. The van der Waals surface area contributed by atoms with Crippen molar-refractivity contribution in [1.29, 1.82) is 0 Å². The molecule has 0 aliphatic rings. The molecule has 0 aliphatic heterocycles. The standard InChI is InChI=1S/2C8H11.2C7H8O.Cr/c2*1-7(2)8-5-3-4-6-8;2*1-6-4-2-3-5-7(6)8;/h2*3-7H,1-2H3;2*2-5,8H,1H3;/q2*-1;;;+2. The number of benzene rings is 2. The zero-order valence-electron chi connectivity index (χ0n) is 20.7. The van der Waals surface area contributed by atoms with Crippen molar-refractivity contribution in [3.8, 4) is 11.5 Å². The van der Waals surface area contributed by atoms with Crippen LogP contribution in [0.15, 0.2) is 97.1 Å². The third-order valence-electron chi connectivity index (χ3n) is 4.94. The van der Waals surface area contributed by atoms with Gasteiger partial charge in [-0.2, -0.15) is 35.4 Å². The van der Waals surface area contributed by atoms with Crippen molar-refractivity contribution in [3.05, 3.63) is 119 Å². The molecule has 0 radical (unpaired) electrons. The van der Waals surface area contributed by atoms with E-state index in [1.807, 2.05) is 50.2 Å². The number of rotatable bonds is 2. The molecule has 0 fully saturated rings. The molecule has 2 N–H and O–H groups in total. The van der Waals surface area contributed by atoms with E-state index < -0.39 is 0 Å². The van der Waals surface area contributed by atoms with E-state index in [9.17, 15) is 0 Å². The Kier molecular flexibility index (Phi) is 15.5. The Morgan fingerprint density at radius 1 is 0.515 bits per heavy atom. The van der Waals surface area contributed by atoms with Gasteiger partial charge in [0.15, 0.2) is 0 Å². The number of aryl methyl sites for hydroxylation is 2. The van der Waals surface area contributed by atoms with Gasteiger partial charge in [-0.3, -0.25) is 0 Å². The molecule has 4 aromatic carbocycles. The van der Waals surface area contributed by atoms with Gasteiger partial charge in [0, 0.05) is 0 Å². The molecule has 3 heteroatoms. The number of phenolic OH excluding ortho intramolecular Hbond substituents is 2. The summed E-state index contributed by atoms with van der Waals surface area (Å²) in [7, 11) is 0. The minimum Gasteiger partial charge on any atom is -0.508 e. The van der Waals surface area contributed by atoms with Gasteiger partial charge in [-0.05, 0) is 37.1 Å². The van der Waals surface area contributed by atoms with Crippen LogP contribution in [-0.2, 0) is 17.4 Å². The first-order valence-electron chi connectivity index (χ1n) is 11.1. The molecule has 0 saturated carbocycles. The van der Waals surface area contributed by atoms with Gasteiger partial charge in [0.25, 0.3) is 0 Å². The van der Waals surface area contributed by atoms with E-state index >= 15 is 0 Å². The topological polar surface area (TPSA) is 40.5 Å². The fourth-order valence-electron chi connectivity index (χ4n) is 2.67. The molecule has 0 bridgehead atoms. The Labute approximate surface area is 211 Å². The number of phenols is 2. The molecule has 33 heavy (non-hydrogen) atoms. The van der Waals surface area contributed by atoms with Gasteiger partial charge >= 0.3 is 17.4 Å². The minimum absolute atomic E-state index is 0. The summed E-state index contributed by atoms with van der Waals surface area (Å²) in [4.78, 5) is 0. The van der Waals surface area contributed by atoms with Crippen LogP contribution in [0.3, 0.4) is 0 Å². The maximum atomic E-state index is 8.92. The molecule has 0 amide bonds. The van der Waals surface area contributed by atoms with Crippen LogP contribution >= 0.6 is 0 Å². The van der Waals surface area contributed by atoms with Crippen molar-refractivity contribution in [2.45, 2.75) is 53.4 Å². The van der Waals surface area contributed by atoms with Crippen molar-refractivity contribution in [3.63, 3.8) is 0 Å². The minimum atomic E-state index is 0. The molecular weight excluding hydrogens is 444 g/mol. The van der Waals surface area contributed by atoms with E-state index in [2.05, 4.69) is 76.2 Å². The zero-order valence-corrected chi connectivity index (χ0v) is 22.0. The Bertz CT molecular complexity index is 844. The Morgan fingerprint density at radius 3 is 0.939 bits per heavy atom. The van der Waals surface area contributed by atoms with Crippen molar-refractivity contribution in [1.82, 2.24) is 0 Å². The first-order chi connectivity index (χ1) is 15.2. The molecule has 2 nitrogen and oxygen atoms in total. The zero-order chi connectivity index (χ0) is 23.9. The quantitative estimate of drug-likeness (QED) is 0.281. The number of para-hydroxylation sites is 2. The van der Waals surface area contributed by atoms with Crippen LogP contribution in [0.2, 0.25) is 0 Å². The molecule has 0 spiro atoms. The smallest absolute Gasteiger partial charge is 0.508 e. The fraction of sp³-hybridized carbons (Fsp3) is 0.267. The summed E-state index contributed by atoms with van der Waals surface area (Å²) in [6.45, 7) is 12.6. The van der Waals surface area contributed by atoms with Gasteiger partial charge in [-0.15, -0.1) is 0 Å². The molecule has 4 aromatic rings. The first-order valence-corrected chi connectivity index (χ1v) is 11.1. The molecule has 176 valence electrons. The van der Waals surface area contributed by atoms with E-state index in [0.717, 1.165) is 11.1 Å². The van der Waals surface area contributed by atoms with E-state index in [0.29, 0.717) is 23.3 Å². The monoisotopic (exact) mass is 482 g/mol. The molecule has 0 aliphatic carbocycles. The summed E-state index contributed by atoms with van der Waals surface area (Å²) in [5.74, 6) is 2.11.